The zero-order valence-electron chi connectivity index (χ0n) is 14.6. The fourth-order valence-electron chi connectivity index (χ4n) is 4.09. The van der Waals surface area contributed by atoms with Crippen LogP contribution in [-0.2, 0) is 10.8 Å². The quantitative estimate of drug-likeness (QED) is 0.546. The smallest absolute Gasteiger partial charge is 0.00188 e. The van der Waals surface area contributed by atoms with Crippen molar-refractivity contribution in [3.63, 3.8) is 0 Å². The molecule has 0 aliphatic carbocycles. The van der Waals surface area contributed by atoms with Gasteiger partial charge in [0.05, 0.1) is 0 Å². The highest BCUT2D eigenvalue weighted by molar-refractivity contribution is 5.37. The summed E-state index contributed by atoms with van der Waals surface area (Å²) in [6.45, 7) is 9.54. The second-order valence-corrected chi connectivity index (χ2v) is 6.90. The van der Waals surface area contributed by atoms with Crippen LogP contribution in [0.4, 0.5) is 0 Å². The molecule has 0 bridgehead atoms. The van der Waals surface area contributed by atoms with E-state index in [1.807, 2.05) is 0 Å². The fourth-order valence-corrected chi connectivity index (χ4v) is 4.09. The Bertz CT molecular complexity index is 504. The van der Waals surface area contributed by atoms with Gasteiger partial charge in [-0.25, -0.2) is 0 Å². The highest BCUT2D eigenvalue weighted by Gasteiger charge is 2.45. The first kappa shape index (κ1) is 16.8. The van der Waals surface area contributed by atoms with Crippen LogP contribution >= 0.6 is 0 Å². The average molecular weight is 294 g/mol. The van der Waals surface area contributed by atoms with E-state index in [0.717, 1.165) is 0 Å². The summed E-state index contributed by atoms with van der Waals surface area (Å²) in [6, 6.07) is 22.2. The molecular formula is C22H30. The molecule has 0 heterocycles. The number of rotatable bonds is 7. The normalized spacial score (nSPS) is 16.7. The lowest BCUT2D eigenvalue weighted by atomic mass is 9.55. The molecule has 0 radical (unpaired) electrons. The van der Waals surface area contributed by atoms with Crippen LogP contribution in [0.2, 0.25) is 0 Å². The molecule has 0 nitrogen and oxygen atoms in total. The van der Waals surface area contributed by atoms with Crippen molar-refractivity contribution in [2.24, 2.45) is 0 Å². The highest BCUT2D eigenvalue weighted by atomic mass is 14.5. The molecule has 0 amide bonds. The van der Waals surface area contributed by atoms with Crippen molar-refractivity contribution in [1.82, 2.24) is 0 Å². The zero-order valence-corrected chi connectivity index (χ0v) is 14.6. The van der Waals surface area contributed by atoms with Gasteiger partial charge in [0.1, 0.15) is 0 Å². The van der Waals surface area contributed by atoms with Crippen LogP contribution in [-0.4, -0.2) is 0 Å². The second-order valence-electron chi connectivity index (χ2n) is 6.90. The van der Waals surface area contributed by atoms with Crippen LogP contribution in [0.5, 0.6) is 0 Å². The summed E-state index contributed by atoms with van der Waals surface area (Å²) < 4.78 is 0. The summed E-state index contributed by atoms with van der Waals surface area (Å²) in [5.74, 6) is 0. The summed E-state index contributed by atoms with van der Waals surface area (Å²) in [6.07, 6.45) is 4.83. The third-order valence-electron chi connectivity index (χ3n) is 5.54. The summed E-state index contributed by atoms with van der Waals surface area (Å²) in [5.41, 5.74) is 3.24. The van der Waals surface area contributed by atoms with Crippen LogP contribution in [0.15, 0.2) is 60.7 Å². The number of hydrogen-bond donors (Lipinski definition) is 0. The van der Waals surface area contributed by atoms with Gasteiger partial charge >= 0.3 is 0 Å². The Morgan fingerprint density at radius 1 is 0.591 bits per heavy atom. The topological polar surface area (TPSA) is 0 Å². The second kappa shape index (κ2) is 7.13. The molecule has 2 rings (SSSR count). The monoisotopic (exact) mass is 294 g/mol. The first-order valence-corrected chi connectivity index (χ1v) is 8.69. The van der Waals surface area contributed by atoms with Crippen molar-refractivity contribution in [2.45, 2.75) is 64.2 Å². The third-order valence-corrected chi connectivity index (χ3v) is 5.54. The van der Waals surface area contributed by atoms with E-state index in [-0.39, 0.29) is 10.8 Å². The van der Waals surface area contributed by atoms with Gasteiger partial charge in [0.15, 0.2) is 0 Å². The Hall–Kier alpha value is -1.56. The maximum atomic E-state index is 2.47. The van der Waals surface area contributed by atoms with E-state index in [4.69, 9.17) is 0 Å². The van der Waals surface area contributed by atoms with Crippen molar-refractivity contribution in [3.05, 3.63) is 71.8 Å². The molecule has 0 fully saturated rings. The standard InChI is InChI=1S/C22H30/c1-5-17-21(3,19-13-9-7-10-14-19)22(4,18-6-2)20-15-11-8-12-16-20/h7-16H,5-6,17-18H2,1-4H3. The van der Waals surface area contributed by atoms with Gasteiger partial charge < -0.3 is 0 Å². The SMILES string of the molecule is CCCC(C)(c1ccccc1)C(C)(CCC)c1ccccc1. The van der Waals surface area contributed by atoms with E-state index >= 15 is 0 Å². The summed E-state index contributed by atoms with van der Waals surface area (Å²) >= 11 is 0. The van der Waals surface area contributed by atoms with Gasteiger partial charge in [0.25, 0.3) is 0 Å². The van der Waals surface area contributed by atoms with Crippen LogP contribution in [0.1, 0.15) is 64.5 Å². The summed E-state index contributed by atoms with van der Waals surface area (Å²) in [7, 11) is 0. The molecule has 0 saturated heterocycles. The molecule has 2 atom stereocenters. The van der Waals surface area contributed by atoms with Crippen molar-refractivity contribution < 1.29 is 0 Å². The Morgan fingerprint density at radius 3 is 1.18 bits per heavy atom. The number of hydrogen-bond acceptors (Lipinski definition) is 0. The first-order valence-electron chi connectivity index (χ1n) is 8.69. The average Bonchev–Trinajstić information content (AvgIpc) is 2.56. The minimum atomic E-state index is 0.153. The summed E-state index contributed by atoms with van der Waals surface area (Å²) in [5, 5.41) is 0. The van der Waals surface area contributed by atoms with Crippen molar-refractivity contribution >= 4 is 0 Å². The van der Waals surface area contributed by atoms with Gasteiger partial charge in [-0.1, -0.05) is 101 Å². The zero-order chi connectivity index (χ0) is 16.1. The molecule has 0 N–H and O–H groups in total. The van der Waals surface area contributed by atoms with Gasteiger partial charge in [-0.05, 0) is 24.0 Å². The Kier molecular flexibility index (Phi) is 5.45. The maximum Gasteiger partial charge on any atom is 0.00188 e. The fraction of sp³-hybridized carbons (Fsp3) is 0.455. The van der Waals surface area contributed by atoms with E-state index in [0.29, 0.717) is 0 Å². The van der Waals surface area contributed by atoms with Gasteiger partial charge in [0, 0.05) is 10.8 Å². The molecular weight excluding hydrogens is 264 g/mol. The molecule has 2 aromatic rings. The Labute approximate surface area is 136 Å². The molecule has 2 unspecified atom stereocenters. The lowest BCUT2D eigenvalue weighted by Crippen LogP contribution is -2.45. The molecule has 0 saturated carbocycles. The van der Waals surface area contributed by atoms with Gasteiger partial charge in [0.2, 0.25) is 0 Å². The molecule has 2 aromatic carbocycles. The lowest BCUT2D eigenvalue weighted by Gasteiger charge is -2.48. The minimum Gasteiger partial charge on any atom is -0.0654 e. The largest absolute Gasteiger partial charge is 0.0654 e. The molecule has 22 heavy (non-hydrogen) atoms. The third kappa shape index (κ3) is 2.97. The molecule has 118 valence electrons. The van der Waals surface area contributed by atoms with Gasteiger partial charge in [-0.15, -0.1) is 0 Å². The van der Waals surface area contributed by atoms with Gasteiger partial charge in [-0.3, -0.25) is 0 Å². The van der Waals surface area contributed by atoms with E-state index < -0.39 is 0 Å². The molecule has 0 aromatic heterocycles. The van der Waals surface area contributed by atoms with Crippen LogP contribution in [0, 0.1) is 0 Å². The molecule has 0 heteroatoms. The molecule has 0 spiro atoms. The lowest BCUT2D eigenvalue weighted by molar-refractivity contribution is 0.216. The summed E-state index contributed by atoms with van der Waals surface area (Å²) in [4.78, 5) is 0. The van der Waals surface area contributed by atoms with Crippen molar-refractivity contribution in [1.29, 1.82) is 0 Å². The maximum absolute atomic E-state index is 2.47. The van der Waals surface area contributed by atoms with Gasteiger partial charge in [-0.2, -0.15) is 0 Å². The first-order chi connectivity index (χ1) is 10.6. The van der Waals surface area contributed by atoms with E-state index in [9.17, 15) is 0 Å². The van der Waals surface area contributed by atoms with E-state index in [2.05, 4.69) is 88.4 Å². The van der Waals surface area contributed by atoms with E-state index in [1.165, 1.54) is 36.8 Å². The van der Waals surface area contributed by atoms with Crippen LogP contribution < -0.4 is 0 Å². The predicted molar refractivity (Wildman–Crippen MR) is 97.4 cm³/mol. The molecule has 0 aliphatic heterocycles. The molecule has 0 aliphatic rings. The van der Waals surface area contributed by atoms with Crippen LogP contribution in [0.25, 0.3) is 0 Å². The predicted octanol–water partition coefficient (Wildman–Crippen LogP) is 6.50. The van der Waals surface area contributed by atoms with Crippen molar-refractivity contribution in [2.75, 3.05) is 0 Å². The Balaban J connectivity index is 2.60. The number of benzene rings is 2. The van der Waals surface area contributed by atoms with Crippen molar-refractivity contribution in [3.8, 4) is 0 Å². The van der Waals surface area contributed by atoms with Crippen LogP contribution in [0.3, 0.4) is 0 Å². The van der Waals surface area contributed by atoms with E-state index in [1.54, 1.807) is 0 Å². The Morgan fingerprint density at radius 2 is 0.909 bits per heavy atom. The minimum absolute atomic E-state index is 0.153. The highest BCUT2D eigenvalue weighted by Crippen LogP contribution is 2.49.